The Labute approximate surface area is 145 Å². The molecule has 0 unspecified atom stereocenters. The highest BCUT2D eigenvalue weighted by molar-refractivity contribution is 5.86. The third kappa shape index (κ3) is 9.05. The van der Waals surface area contributed by atoms with E-state index in [1.807, 2.05) is 0 Å². The summed E-state index contributed by atoms with van der Waals surface area (Å²) in [5.41, 5.74) is 0. The average molecular weight is 343 g/mol. The summed E-state index contributed by atoms with van der Waals surface area (Å²) in [5, 5.41) is 9.22. The molecule has 1 fully saturated rings. The SMILES string of the molecule is CN=C(NCC(=O)NCCOC)NC1CCN(CCCOC)CC1. The average Bonchev–Trinajstić information content (AvgIpc) is 2.60. The van der Waals surface area contributed by atoms with Gasteiger partial charge in [0.05, 0.1) is 13.2 Å². The molecule has 0 aromatic carbocycles. The highest BCUT2D eigenvalue weighted by Gasteiger charge is 2.19. The Hall–Kier alpha value is -1.38. The van der Waals surface area contributed by atoms with Crippen LogP contribution in [0.15, 0.2) is 4.99 Å². The zero-order chi connectivity index (χ0) is 17.6. The molecule has 1 saturated heterocycles. The maximum Gasteiger partial charge on any atom is 0.239 e. The predicted octanol–water partition coefficient (Wildman–Crippen LogP) is -0.585. The van der Waals surface area contributed by atoms with Gasteiger partial charge in [0, 0.05) is 60.1 Å². The number of aliphatic imine (C=N–C) groups is 1. The molecule has 1 amide bonds. The first kappa shape index (κ1) is 20.7. The van der Waals surface area contributed by atoms with Gasteiger partial charge in [0.1, 0.15) is 0 Å². The number of rotatable bonds is 10. The van der Waals surface area contributed by atoms with Gasteiger partial charge in [-0.2, -0.15) is 0 Å². The normalized spacial score (nSPS) is 16.9. The minimum Gasteiger partial charge on any atom is -0.385 e. The van der Waals surface area contributed by atoms with Crippen molar-refractivity contribution >= 4 is 11.9 Å². The van der Waals surface area contributed by atoms with Crippen molar-refractivity contribution in [3.05, 3.63) is 0 Å². The Morgan fingerprint density at radius 3 is 2.50 bits per heavy atom. The van der Waals surface area contributed by atoms with Crippen molar-refractivity contribution in [3.63, 3.8) is 0 Å². The summed E-state index contributed by atoms with van der Waals surface area (Å²) in [6, 6.07) is 0.395. The molecule has 8 heteroatoms. The lowest BCUT2D eigenvalue weighted by Crippen LogP contribution is -2.50. The maximum atomic E-state index is 11.7. The van der Waals surface area contributed by atoms with Crippen LogP contribution in [-0.2, 0) is 14.3 Å². The monoisotopic (exact) mass is 343 g/mol. The molecular formula is C16H33N5O3. The number of likely N-dealkylation sites (tertiary alicyclic amines) is 1. The van der Waals surface area contributed by atoms with E-state index in [2.05, 4.69) is 25.8 Å². The number of ether oxygens (including phenoxy) is 2. The van der Waals surface area contributed by atoms with Crippen molar-refractivity contribution in [2.75, 3.05) is 67.2 Å². The summed E-state index contributed by atoms with van der Waals surface area (Å²) >= 11 is 0. The van der Waals surface area contributed by atoms with Gasteiger partial charge in [0.25, 0.3) is 0 Å². The summed E-state index contributed by atoms with van der Waals surface area (Å²) in [7, 11) is 5.07. The zero-order valence-electron chi connectivity index (χ0n) is 15.3. The van der Waals surface area contributed by atoms with Gasteiger partial charge in [-0.25, -0.2) is 0 Å². The van der Waals surface area contributed by atoms with Gasteiger partial charge < -0.3 is 30.3 Å². The van der Waals surface area contributed by atoms with Crippen LogP contribution >= 0.6 is 0 Å². The Morgan fingerprint density at radius 1 is 1.17 bits per heavy atom. The standard InChI is InChI=1S/C16H33N5O3/c1-17-16(19-13-15(22)18-7-12-24-3)20-14-5-9-21(10-6-14)8-4-11-23-2/h14H,4-13H2,1-3H3,(H,18,22)(H2,17,19,20). The van der Waals surface area contributed by atoms with E-state index in [-0.39, 0.29) is 12.5 Å². The fraction of sp³-hybridized carbons (Fsp3) is 0.875. The summed E-state index contributed by atoms with van der Waals surface area (Å²) in [6.07, 6.45) is 3.23. The Morgan fingerprint density at radius 2 is 1.88 bits per heavy atom. The Kier molecular flexibility index (Phi) is 11.2. The van der Waals surface area contributed by atoms with Gasteiger partial charge in [-0.15, -0.1) is 0 Å². The lowest BCUT2D eigenvalue weighted by atomic mass is 10.1. The van der Waals surface area contributed by atoms with Crippen molar-refractivity contribution in [2.45, 2.75) is 25.3 Å². The van der Waals surface area contributed by atoms with Crippen LogP contribution in [0.1, 0.15) is 19.3 Å². The molecule has 1 aliphatic heterocycles. The van der Waals surface area contributed by atoms with E-state index in [1.165, 1.54) is 0 Å². The van der Waals surface area contributed by atoms with Gasteiger partial charge in [-0.1, -0.05) is 0 Å². The summed E-state index contributed by atoms with van der Waals surface area (Å²) < 4.78 is 9.99. The minimum absolute atomic E-state index is 0.0667. The third-order valence-corrected chi connectivity index (χ3v) is 4.02. The molecule has 8 nitrogen and oxygen atoms in total. The number of carbonyl (C=O) groups excluding carboxylic acids is 1. The number of guanidine groups is 1. The summed E-state index contributed by atoms with van der Waals surface area (Å²) in [6.45, 7) is 5.31. The number of nitrogens with one attached hydrogen (secondary N) is 3. The van der Waals surface area contributed by atoms with Gasteiger partial charge in [-0.05, 0) is 19.3 Å². The van der Waals surface area contributed by atoms with Crippen LogP contribution in [-0.4, -0.2) is 90.0 Å². The first-order chi connectivity index (χ1) is 11.7. The zero-order valence-corrected chi connectivity index (χ0v) is 15.3. The molecule has 0 bridgehead atoms. The van der Waals surface area contributed by atoms with Crippen LogP contribution in [0.4, 0.5) is 0 Å². The fourth-order valence-corrected chi connectivity index (χ4v) is 2.64. The van der Waals surface area contributed by atoms with E-state index >= 15 is 0 Å². The van der Waals surface area contributed by atoms with Gasteiger partial charge in [0.15, 0.2) is 5.96 Å². The van der Waals surface area contributed by atoms with Crippen molar-refractivity contribution in [2.24, 2.45) is 4.99 Å². The van der Waals surface area contributed by atoms with Crippen molar-refractivity contribution in [1.29, 1.82) is 0 Å². The molecule has 1 aliphatic rings. The molecule has 1 rings (SSSR count). The summed E-state index contributed by atoms with van der Waals surface area (Å²) in [4.78, 5) is 18.3. The molecule has 0 aromatic heterocycles. The van der Waals surface area contributed by atoms with Crippen molar-refractivity contribution < 1.29 is 14.3 Å². The number of amides is 1. The number of hydrogen-bond donors (Lipinski definition) is 3. The first-order valence-corrected chi connectivity index (χ1v) is 8.63. The third-order valence-electron chi connectivity index (χ3n) is 4.02. The van der Waals surface area contributed by atoms with Crippen LogP contribution in [0.3, 0.4) is 0 Å². The highest BCUT2D eigenvalue weighted by Crippen LogP contribution is 2.10. The molecule has 140 valence electrons. The first-order valence-electron chi connectivity index (χ1n) is 8.63. The summed E-state index contributed by atoms with van der Waals surface area (Å²) in [5.74, 6) is 0.609. The second-order valence-electron chi connectivity index (χ2n) is 5.88. The van der Waals surface area contributed by atoms with Crippen molar-refractivity contribution in [3.8, 4) is 0 Å². The van der Waals surface area contributed by atoms with Crippen LogP contribution in [0.25, 0.3) is 0 Å². The second kappa shape index (κ2) is 13.0. The van der Waals surface area contributed by atoms with Crippen molar-refractivity contribution in [1.82, 2.24) is 20.9 Å². The molecule has 0 spiro atoms. The van der Waals surface area contributed by atoms with Gasteiger partial charge >= 0.3 is 0 Å². The van der Waals surface area contributed by atoms with E-state index in [0.29, 0.717) is 25.2 Å². The molecule has 0 aromatic rings. The predicted molar refractivity (Wildman–Crippen MR) is 95.3 cm³/mol. The quantitative estimate of drug-likeness (QED) is 0.279. The Bertz CT molecular complexity index is 371. The number of nitrogens with zero attached hydrogens (tertiary/aromatic N) is 2. The molecule has 0 saturated carbocycles. The van der Waals surface area contributed by atoms with E-state index < -0.39 is 0 Å². The Balaban J connectivity index is 2.19. The molecule has 0 radical (unpaired) electrons. The molecule has 1 heterocycles. The van der Waals surface area contributed by atoms with Crippen LogP contribution in [0.2, 0.25) is 0 Å². The van der Waals surface area contributed by atoms with E-state index in [4.69, 9.17) is 9.47 Å². The lowest BCUT2D eigenvalue weighted by Gasteiger charge is -2.33. The topological polar surface area (TPSA) is 87.2 Å². The largest absolute Gasteiger partial charge is 0.385 e. The maximum absolute atomic E-state index is 11.7. The molecule has 0 atom stereocenters. The fourth-order valence-electron chi connectivity index (χ4n) is 2.64. The number of hydrogen-bond acceptors (Lipinski definition) is 5. The molecular weight excluding hydrogens is 310 g/mol. The van der Waals surface area contributed by atoms with Crippen LogP contribution < -0.4 is 16.0 Å². The highest BCUT2D eigenvalue weighted by atomic mass is 16.5. The molecule has 24 heavy (non-hydrogen) atoms. The smallest absolute Gasteiger partial charge is 0.239 e. The minimum atomic E-state index is -0.0667. The van der Waals surface area contributed by atoms with Gasteiger partial charge in [0.2, 0.25) is 5.91 Å². The van der Waals surface area contributed by atoms with Crippen LogP contribution in [0, 0.1) is 0 Å². The number of piperidine rings is 1. The second-order valence-corrected chi connectivity index (χ2v) is 5.88. The lowest BCUT2D eigenvalue weighted by molar-refractivity contribution is -0.120. The van der Waals surface area contributed by atoms with E-state index in [9.17, 15) is 4.79 Å². The van der Waals surface area contributed by atoms with Crippen LogP contribution in [0.5, 0.6) is 0 Å². The van der Waals surface area contributed by atoms with Gasteiger partial charge in [-0.3, -0.25) is 9.79 Å². The molecule has 3 N–H and O–H groups in total. The van der Waals surface area contributed by atoms with E-state index in [1.54, 1.807) is 21.3 Å². The number of carbonyl (C=O) groups is 1. The molecule has 0 aliphatic carbocycles. The van der Waals surface area contributed by atoms with E-state index in [0.717, 1.165) is 45.5 Å². The number of methoxy groups -OCH3 is 2.